The van der Waals surface area contributed by atoms with Crippen molar-refractivity contribution >= 4 is 29.4 Å². The number of carbonyl (C=O) groups is 1. The average molecular weight is 448 g/mol. The SMILES string of the molecule is Cc1ccc2c(c1)CC(C)(c1ccc(Cl)cc1N(C=O)c1cnn(CC(F)(F)F)c1)C2. The van der Waals surface area contributed by atoms with Crippen LogP contribution in [0.3, 0.4) is 0 Å². The third-order valence-corrected chi connectivity index (χ3v) is 5.97. The number of amides is 1. The van der Waals surface area contributed by atoms with E-state index in [9.17, 15) is 18.0 Å². The van der Waals surface area contributed by atoms with E-state index in [1.165, 1.54) is 34.0 Å². The average Bonchev–Trinajstić information content (AvgIpc) is 3.24. The highest BCUT2D eigenvalue weighted by Crippen LogP contribution is 2.45. The van der Waals surface area contributed by atoms with Crippen LogP contribution in [0.1, 0.15) is 29.2 Å². The molecule has 1 atom stereocenters. The summed E-state index contributed by atoms with van der Waals surface area (Å²) in [6.45, 7) is 2.95. The van der Waals surface area contributed by atoms with Crippen LogP contribution in [0, 0.1) is 6.92 Å². The van der Waals surface area contributed by atoms with Crippen LogP contribution in [0.25, 0.3) is 0 Å². The van der Waals surface area contributed by atoms with Crippen LogP contribution in [0.15, 0.2) is 48.8 Å². The molecule has 0 spiro atoms. The van der Waals surface area contributed by atoms with Gasteiger partial charge < -0.3 is 0 Å². The third kappa shape index (κ3) is 4.32. The van der Waals surface area contributed by atoms with E-state index in [4.69, 9.17) is 11.6 Å². The van der Waals surface area contributed by atoms with Gasteiger partial charge >= 0.3 is 6.18 Å². The highest BCUT2D eigenvalue weighted by Gasteiger charge is 2.37. The minimum atomic E-state index is -4.41. The van der Waals surface area contributed by atoms with E-state index in [0.717, 1.165) is 23.1 Å². The first-order chi connectivity index (χ1) is 14.6. The zero-order chi connectivity index (χ0) is 22.4. The lowest BCUT2D eigenvalue weighted by Gasteiger charge is -2.30. The molecule has 0 saturated carbocycles. The van der Waals surface area contributed by atoms with Crippen LogP contribution in [-0.4, -0.2) is 22.4 Å². The lowest BCUT2D eigenvalue weighted by molar-refractivity contribution is -0.142. The Kier molecular flexibility index (Phi) is 5.33. The minimum Gasteiger partial charge on any atom is -0.280 e. The Balaban J connectivity index is 1.74. The molecular weight excluding hydrogens is 427 g/mol. The number of aryl methyl sites for hydroxylation is 1. The number of hydrogen-bond acceptors (Lipinski definition) is 2. The molecule has 1 unspecified atom stereocenters. The maximum atomic E-state index is 12.7. The van der Waals surface area contributed by atoms with Crippen molar-refractivity contribution in [3.8, 4) is 0 Å². The third-order valence-electron chi connectivity index (χ3n) is 5.74. The summed E-state index contributed by atoms with van der Waals surface area (Å²) in [4.78, 5) is 13.4. The Labute approximate surface area is 183 Å². The monoisotopic (exact) mass is 447 g/mol. The molecule has 1 heterocycles. The second kappa shape index (κ2) is 7.71. The minimum absolute atomic E-state index is 0.248. The van der Waals surface area contributed by atoms with E-state index in [2.05, 4.69) is 37.1 Å². The Morgan fingerprint density at radius 2 is 1.94 bits per heavy atom. The fourth-order valence-corrected chi connectivity index (χ4v) is 4.57. The van der Waals surface area contributed by atoms with Crippen molar-refractivity contribution < 1.29 is 18.0 Å². The van der Waals surface area contributed by atoms with Gasteiger partial charge in [-0.25, -0.2) is 0 Å². The summed E-state index contributed by atoms with van der Waals surface area (Å²) in [6.07, 6.45) is 0.217. The Bertz CT molecular complexity index is 1140. The van der Waals surface area contributed by atoms with Crippen LogP contribution in [0.5, 0.6) is 0 Å². The Morgan fingerprint density at radius 3 is 2.65 bits per heavy atom. The maximum absolute atomic E-state index is 12.7. The van der Waals surface area contributed by atoms with Crippen molar-refractivity contribution in [1.29, 1.82) is 0 Å². The first-order valence-electron chi connectivity index (χ1n) is 9.80. The number of hydrogen-bond donors (Lipinski definition) is 0. The van der Waals surface area contributed by atoms with Gasteiger partial charge in [0.1, 0.15) is 6.54 Å². The van der Waals surface area contributed by atoms with Gasteiger partial charge in [0.2, 0.25) is 6.41 Å². The molecule has 4 nitrogen and oxygen atoms in total. The standard InChI is InChI=1S/C23H21ClF3N3O/c1-15-3-4-16-9-22(2,10-17(16)7-15)20-6-5-18(24)8-21(20)30(14-31)19-11-28-29(12-19)13-23(25,26)27/h3-8,11-12,14H,9-10,13H2,1-2H3. The first kappa shape index (κ1) is 21.4. The smallest absolute Gasteiger partial charge is 0.280 e. The first-order valence-corrected chi connectivity index (χ1v) is 10.2. The normalized spacial score (nSPS) is 18.1. The van der Waals surface area contributed by atoms with Crippen molar-refractivity contribution in [2.45, 2.75) is 44.8 Å². The number of carbonyl (C=O) groups excluding carboxylic acids is 1. The van der Waals surface area contributed by atoms with E-state index in [1.54, 1.807) is 12.1 Å². The van der Waals surface area contributed by atoms with Gasteiger partial charge in [-0.1, -0.05) is 48.4 Å². The molecule has 1 amide bonds. The molecule has 1 aliphatic rings. The number of rotatable bonds is 5. The van der Waals surface area contributed by atoms with Crippen molar-refractivity contribution in [3.63, 3.8) is 0 Å². The van der Waals surface area contributed by atoms with Gasteiger partial charge in [-0.05, 0) is 48.6 Å². The van der Waals surface area contributed by atoms with E-state index >= 15 is 0 Å². The Morgan fingerprint density at radius 1 is 1.19 bits per heavy atom. The summed E-state index contributed by atoms with van der Waals surface area (Å²) in [6, 6.07) is 11.7. The summed E-state index contributed by atoms with van der Waals surface area (Å²) < 4.78 is 38.9. The molecule has 31 heavy (non-hydrogen) atoms. The van der Waals surface area contributed by atoms with Crippen LogP contribution in [0.4, 0.5) is 24.5 Å². The topological polar surface area (TPSA) is 38.1 Å². The molecule has 1 aliphatic carbocycles. The van der Waals surface area contributed by atoms with Crippen LogP contribution in [0.2, 0.25) is 5.02 Å². The quantitative estimate of drug-likeness (QED) is 0.466. The van der Waals surface area contributed by atoms with Crippen LogP contribution < -0.4 is 4.90 Å². The van der Waals surface area contributed by atoms with Crippen molar-refractivity contribution in [2.75, 3.05) is 4.90 Å². The van der Waals surface area contributed by atoms with E-state index in [0.29, 0.717) is 17.1 Å². The maximum Gasteiger partial charge on any atom is 0.408 e. The predicted octanol–water partition coefficient (Wildman–Crippen LogP) is 5.76. The van der Waals surface area contributed by atoms with Crippen molar-refractivity contribution in [2.24, 2.45) is 0 Å². The number of alkyl halides is 3. The summed E-state index contributed by atoms with van der Waals surface area (Å²) in [7, 11) is 0. The lowest BCUT2D eigenvalue weighted by Crippen LogP contribution is -2.27. The molecule has 0 aliphatic heterocycles. The highest BCUT2D eigenvalue weighted by molar-refractivity contribution is 6.31. The predicted molar refractivity (Wildman–Crippen MR) is 114 cm³/mol. The molecule has 2 aromatic carbocycles. The molecule has 0 bridgehead atoms. The second-order valence-corrected chi connectivity index (χ2v) is 8.77. The number of anilines is 2. The summed E-state index contributed by atoms with van der Waals surface area (Å²) >= 11 is 6.25. The summed E-state index contributed by atoms with van der Waals surface area (Å²) in [5.41, 5.74) is 5.11. The number of nitrogens with zero attached hydrogens (tertiary/aromatic N) is 3. The van der Waals surface area contributed by atoms with E-state index < -0.39 is 12.7 Å². The molecule has 0 radical (unpaired) electrons. The zero-order valence-electron chi connectivity index (χ0n) is 17.1. The van der Waals surface area contributed by atoms with Crippen LogP contribution in [-0.2, 0) is 29.6 Å². The Hall–Kier alpha value is -2.80. The summed E-state index contributed by atoms with van der Waals surface area (Å²) in [5, 5.41) is 4.20. The second-order valence-electron chi connectivity index (χ2n) is 8.33. The zero-order valence-corrected chi connectivity index (χ0v) is 17.8. The molecule has 0 N–H and O–H groups in total. The van der Waals surface area contributed by atoms with E-state index in [-0.39, 0.29) is 11.1 Å². The molecule has 0 saturated heterocycles. The number of fused-ring (bicyclic) bond motifs is 1. The lowest BCUT2D eigenvalue weighted by atomic mass is 9.78. The number of halogens is 4. The van der Waals surface area contributed by atoms with Gasteiger partial charge in [-0.15, -0.1) is 0 Å². The molecule has 8 heteroatoms. The van der Waals surface area contributed by atoms with Gasteiger partial charge in [0.15, 0.2) is 0 Å². The van der Waals surface area contributed by atoms with Crippen molar-refractivity contribution in [3.05, 3.63) is 76.1 Å². The van der Waals surface area contributed by atoms with Crippen molar-refractivity contribution in [1.82, 2.24) is 9.78 Å². The van der Waals surface area contributed by atoms with Gasteiger partial charge in [-0.3, -0.25) is 14.4 Å². The molecule has 0 fully saturated rings. The fourth-order valence-electron chi connectivity index (χ4n) is 4.40. The molecule has 4 rings (SSSR count). The largest absolute Gasteiger partial charge is 0.408 e. The number of aromatic nitrogens is 2. The van der Waals surface area contributed by atoms with Gasteiger partial charge in [0, 0.05) is 16.6 Å². The number of benzene rings is 2. The van der Waals surface area contributed by atoms with Crippen LogP contribution >= 0.6 is 11.6 Å². The fraction of sp³-hybridized carbons (Fsp3) is 0.304. The molecular formula is C23H21ClF3N3O. The van der Waals surface area contributed by atoms with Gasteiger partial charge in [0.05, 0.1) is 17.6 Å². The summed E-state index contributed by atoms with van der Waals surface area (Å²) in [5.74, 6) is 0. The van der Waals surface area contributed by atoms with Gasteiger partial charge in [0.25, 0.3) is 0 Å². The van der Waals surface area contributed by atoms with Gasteiger partial charge in [-0.2, -0.15) is 18.3 Å². The molecule has 1 aromatic heterocycles. The highest BCUT2D eigenvalue weighted by atomic mass is 35.5. The molecule has 162 valence electrons. The molecule has 3 aromatic rings. The van der Waals surface area contributed by atoms with E-state index in [1.807, 2.05) is 6.07 Å².